The number of halogens is 3. The highest BCUT2D eigenvalue weighted by atomic mass is 19.4. The molecule has 1 fully saturated rings. The van der Waals surface area contributed by atoms with Crippen molar-refractivity contribution >= 4 is 17.6 Å². The normalized spacial score (nSPS) is 19.3. The fraction of sp³-hybridized carbons (Fsp3) is 0.238. The fourth-order valence-corrected chi connectivity index (χ4v) is 3.34. The maximum atomic E-state index is 13.0. The van der Waals surface area contributed by atoms with Crippen LogP contribution in [0.5, 0.6) is 0 Å². The van der Waals surface area contributed by atoms with Crippen LogP contribution in [0, 0.1) is 19.8 Å². The van der Waals surface area contributed by atoms with Crippen molar-refractivity contribution in [2.75, 3.05) is 5.32 Å². The Kier molecular flexibility index (Phi) is 5.37. The first-order valence-corrected chi connectivity index (χ1v) is 8.88. The SMILES string of the molecule is C=C1NC(=O)N[C@@H](c2cc(C)ccc2C)[C@@H]1C(=O)Nc1cccc(C(F)(F)F)c1. The number of carbonyl (C=O) groups is 2. The minimum atomic E-state index is -4.52. The summed E-state index contributed by atoms with van der Waals surface area (Å²) in [5.74, 6) is -1.49. The van der Waals surface area contributed by atoms with Gasteiger partial charge in [-0.25, -0.2) is 4.79 Å². The Balaban J connectivity index is 1.93. The Labute approximate surface area is 166 Å². The molecule has 1 heterocycles. The summed E-state index contributed by atoms with van der Waals surface area (Å²) in [5, 5.41) is 7.72. The summed E-state index contributed by atoms with van der Waals surface area (Å²) in [5.41, 5.74) is 1.87. The largest absolute Gasteiger partial charge is 0.416 e. The molecule has 2 aromatic carbocycles. The molecule has 5 nitrogen and oxygen atoms in total. The zero-order valence-corrected chi connectivity index (χ0v) is 15.9. The first kappa shape index (κ1) is 20.4. The fourth-order valence-electron chi connectivity index (χ4n) is 3.34. The van der Waals surface area contributed by atoms with Crippen molar-refractivity contribution in [1.82, 2.24) is 10.6 Å². The van der Waals surface area contributed by atoms with Gasteiger partial charge in [-0.15, -0.1) is 0 Å². The molecule has 0 saturated carbocycles. The number of aryl methyl sites for hydroxylation is 2. The molecule has 2 atom stereocenters. The van der Waals surface area contributed by atoms with E-state index in [1.54, 1.807) is 0 Å². The number of hydrogen-bond acceptors (Lipinski definition) is 2. The van der Waals surface area contributed by atoms with E-state index >= 15 is 0 Å². The summed E-state index contributed by atoms with van der Waals surface area (Å²) in [4.78, 5) is 25.0. The molecule has 29 heavy (non-hydrogen) atoms. The molecule has 1 aliphatic heterocycles. The number of hydrogen-bond donors (Lipinski definition) is 3. The minimum Gasteiger partial charge on any atom is -0.330 e. The van der Waals surface area contributed by atoms with Crippen LogP contribution in [0.1, 0.15) is 28.3 Å². The zero-order chi connectivity index (χ0) is 21.3. The summed E-state index contributed by atoms with van der Waals surface area (Å²) in [6.45, 7) is 7.52. The second kappa shape index (κ2) is 7.62. The van der Waals surface area contributed by atoms with Gasteiger partial charge >= 0.3 is 12.2 Å². The van der Waals surface area contributed by atoms with Crippen molar-refractivity contribution in [1.29, 1.82) is 0 Å². The third kappa shape index (κ3) is 4.42. The number of amides is 3. The molecule has 0 bridgehead atoms. The summed E-state index contributed by atoms with van der Waals surface area (Å²) in [6.07, 6.45) is -4.52. The van der Waals surface area contributed by atoms with Crippen LogP contribution in [0.15, 0.2) is 54.7 Å². The summed E-state index contributed by atoms with van der Waals surface area (Å²) < 4.78 is 38.8. The highest BCUT2D eigenvalue weighted by Gasteiger charge is 2.38. The molecule has 1 saturated heterocycles. The Hall–Kier alpha value is -3.29. The van der Waals surface area contributed by atoms with Gasteiger partial charge in [0.25, 0.3) is 0 Å². The van der Waals surface area contributed by atoms with Crippen LogP contribution >= 0.6 is 0 Å². The quantitative estimate of drug-likeness (QED) is 0.709. The number of rotatable bonds is 3. The predicted molar refractivity (Wildman–Crippen MR) is 103 cm³/mol. The average Bonchev–Trinajstić information content (AvgIpc) is 2.62. The molecule has 8 heteroatoms. The van der Waals surface area contributed by atoms with Crippen molar-refractivity contribution in [2.45, 2.75) is 26.1 Å². The molecule has 3 amide bonds. The molecule has 0 unspecified atom stereocenters. The van der Waals surface area contributed by atoms with Gasteiger partial charge in [0.1, 0.15) is 5.92 Å². The van der Waals surface area contributed by atoms with Crippen LogP contribution in [-0.2, 0) is 11.0 Å². The van der Waals surface area contributed by atoms with Gasteiger partial charge in [-0.05, 0) is 43.2 Å². The highest BCUT2D eigenvalue weighted by molar-refractivity contribution is 5.97. The minimum absolute atomic E-state index is 0.00855. The molecule has 3 rings (SSSR count). The number of nitrogens with one attached hydrogen (secondary N) is 3. The molecule has 3 N–H and O–H groups in total. The van der Waals surface area contributed by atoms with Gasteiger partial charge in [0.05, 0.1) is 11.6 Å². The monoisotopic (exact) mass is 403 g/mol. The van der Waals surface area contributed by atoms with Crippen LogP contribution in [0.4, 0.5) is 23.7 Å². The van der Waals surface area contributed by atoms with Gasteiger partial charge in [0, 0.05) is 11.4 Å². The van der Waals surface area contributed by atoms with Crippen molar-refractivity contribution in [3.05, 3.63) is 77.0 Å². The Morgan fingerprint density at radius 3 is 2.55 bits per heavy atom. The smallest absolute Gasteiger partial charge is 0.330 e. The van der Waals surface area contributed by atoms with E-state index in [0.29, 0.717) is 0 Å². The van der Waals surface area contributed by atoms with Crippen molar-refractivity contribution in [3.8, 4) is 0 Å². The molecule has 0 spiro atoms. The van der Waals surface area contributed by atoms with Crippen molar-refractivity contribution in [2.24, 2.45) is 5.92 Å². The molecular weight excluding hydrogens is 383 g/mol. The van der Waals surface area contributed by atoms with Crippen LogP contribution in [0.3, 0.4) is 0 Å². The molecule has 0 radical (unpaired) electrons. The van der Waals surface area contributed by atoms with Crippen molar-refractivity contribution in [3.63, 3.8) is 0 Å². The molecule has 0 aromatic heterocycles. The second-order valence-corrected chi connectivity index (χ2v) is 7.01. The Bertz CT molecular complexity index is 985. The number of anilines is 1. The van der Waals surface area contributed by atoms with Gasteiger partial charge in [-0.1, -0.05) is 36.4 Å². The van der Waals surface area contributed by atoms with E-state index in [0.717, 1.165) is 28.8 Å². The molecule has 1 aliphatic rings. The maximum Gasteiger partial charge on any atom is 0.416 e. The Morgan fingerprint density at radius 1 is 1.14 bits per heavy atom. The number of benzene rings is 2. The van der Waals surface area contributed by atoms with E-state index in [1.807, 2.05) is 32.0 Å². The first-order chi connectivity index (χ1) is 13.6. The third-order valence-electron chi connectivity index (χ3n) is 4.78. The van der Waals surface area contributed by atoms with Gasteiger partial charge in [-0.3, -0.25) is 4.79 Å². The van der Waals surface area contributed by atoms with E-state index < -0.39 is 35.6 Å². The lowest BCUT2D eigenvalue weighted by molar-refractivity contribution is -0.137. The highest BCUT2D eigenvalue weighted by Crippen LogP contribution is 2.34. The van der Waals surface area contributed by atoms with E-state index in [1.165, 1.54) is 12.1 Å². The Morgan fingerprint density at radius 2 is 1.86 bits per heavy atom. The lowest BCUT2D eigenvalue weighted by Crippen LogP contribution is -2.52. The third-order valence-corrected chi connectivity index (χ3v) is 4.78. The molecular formula is C21H20F3N3O2. The number of urea groups is 1. The van der Waals surface area contributed by atoms with Crippen molar-refractivity contribution < 1.29 is 22.8 Å². The second-order valence-electron chi connectivity index (χ2n) is 7.01. The lowest BCUT2D eigenvalue weighted by Gasteiger charge is -2.34. The maximum absolute atomic E-state index is 13.0. The number of carbonyl (C=O) groups excluding carboxylic acids is 2. The molecule has 2 aromatic rings. The van der Waals surface area contributed by atoms with Gasteiger partial charge < -0.3 is 16.0 Å². The van der Waals surface area contributed by atoms with Crippen LogP contribution in [-0.4, -0.2) is 11.9 Å². The molecule has 152 valence electrons. The van der Waals surface area contributed by atoms with E-state index in [4.69, 9.17) is 0 Å². The van der Waals surface area contributed by atoms with Crippen LogP contribution < -0.4 is 16.0 Å². The molecule has 0 aliphatic carbocycles. The van der Waals surface area contributed by atoms with E-state index in [9.17, 15) is 22.8 Å². The van der Waals surface area contributed by atoms with Gasteiger partial charge in [0.2, 0.25) is 5.91 Å². The zero-order valence-electron chi connectivity index (χ0n) is 15.9. The summed E-state index contributed by atoms with van der Waals surface area (Å²) in [7, 11) is 0. The topological polar surface area (TPSA) is 70.2 Å². The summed E-state index contributed by atoms with van der Waals surface area (Å²) >= 11 is 0. The van der Waals surface area contributed by atoms with Crippen LogP contribution in [0.25, 0.3) is 0 Å². The van der Waals surface area contributed by atoms with Gasteiger partial charge in [-0.2, -0.15) is 13.2 Å². The van der Waals surface area contributed by atoms with E-state index in [2.05, 4.69) is 22.5 Å². The predicted octanol–water partition coefficient (Wildman–Crippen LogP) is 4.44. The summed E-state index contributed by atoms with van der Waals surface area (Å²) in [6, 6.07) is 8.83. The van der Waals surface area contributed by atoms with Crippen LogP contribution in [0.2, 0.25) is 0 Å². The standard InChI is InChI=1S/C21H20F3N3O2/c1-11-7-8-12(2)16(9-11)18-17(13(3)25-20(29)27-18)19(28)26-15-6-4-5-14(10-15)21(22,23)24/h4-10,17-18H,3H2,1-2H3,(H,26,28)(H2,25,27,29)/t17-,18+/m1/s1. The van der Waals surface area contributed by atoms with E-state index in [-0.39, 0.29) is 11.4 Å². The first-order valence-electron chi connectivity index (χ1n) is 8.88. The lowest BCUT2D eigenvalue weighted by atomic mass is 9.85. The average molecular weight is 403 g/mol. The van der Waals surface area contributed by atoms with Gasteiger partial charge in [0.15, 0.2) is 0 Å². The number of alkyl halides is 3.